The Hall–Kier alpha value is -2.17. The van der Waals surface area contributed by atoms with Gasteiger partial charge in [-0.15, -0.1) is 0 Å². The minimum absolute atomic E-state index is 0.125. The second kappa shape index (κ2) is 4.91. The van der Waals surface area contributed by atoms with Crippen LogP contribution in [0.25, 0.3) is 0 Å². The number of anilines is 1. The molecule has 1 aromatic rings. The van der Waals surface area contributed by atoms with Crippen LogP contribution in [0.5, 0.6) is 0 Å². The van der Waals surface area contributed by atoms with Crippen molar-refractivity contribution in [1.82, 2.24) is 4.98 Å². The van der Waals surface area contributed by atoms with Gasteiger partial charge in [0.25, 0.3) is 0 Å². The molecule has 1 N–H and O–H groups in total. The molecule has 0 aliphatic heterocycles. The third kappa shape index (κ3) is 2.02. The Morgan fingerprint density at radius 3 is 2.48 bits per heavy atom. The molecule has 5 heteroatoms. The number of ether oxygens (including phenoxy) is 1. The Morgan fingerprint density at radius 1 is 1.22 bits per heavy atom. The van der Waals surface area contributed by atoms with Crippen molar-refractivity contribution in [3.8, 4) is 0 Å². The molecule has 3 aliphatic carbocycles. The number of rotatable bonds is 3. The lowest BCUT2D eigenvalue weighted by atomic mass is 9.82. The fraction of sp³-hybridized carbons (Fsp3) is 0.500. The van der Waals surface area contributed by atoms with Crippen LogP contribution in [0.2, 0.25) is 0 Å². The highest BCUT2D eigenvalue weighted by atomic mass is 16.5. The van der Waals surface area contributed by atoms with Gasteiger partial charge in [-0.05, 0) is 48.6 Å². The molecule has 23 heavy (non-hydrogen) atoms. The van der Waals surface area contributed by atoms with Crippen LogP contribution in [0.4, 0.5) is 5.82 Å². The van der Waals surface area contributed by atoms with Gasteiger partial charge in [-0.2, -0.15) is 0 Å². The van der Waals surface area contributed by atoms with E-state index >= 15 is 0 Å². The van der Waals surface area contributed by atoms with E-state index in [0.29, 0.717) is 5.82 Å². The predicted molar refractivity (Wildman–Crippen MR) is 84.4 cm³/mol. The summed E-state index contributed by atoms with van der Waals surface area (Å²) < 4.78 is 4.99. The maximum Gasteiger partial charge on any atom is 0.310 e. The number of hydrogen-bond donors (Lipinski definition) is 1. The zero-order chi connectivity index (χ0) is 16.2. The Bertz CT molecular complexity index is 691. The number of nitrogens with one attached hydrogen (secondary N) is 1. The molecular formula is C18H20N2O3. The summed E-state index contributed by atoms with van der Waals surface area (Å²) >= 11 is 0. The van der Waals surface area contributed by atoms with Crippen LogP contribution in [0, 0.1) is 36.0 Å². The van der Waals surface area contributed by atoms with Crippen molar-refractivity contribution in [3.05, 3.63) is 36.0 Å². The molecule has 3 aliphatic rings. The van der Waals surface area contributed by atoms with Crippen LogP contribution < -0.4 is 5.32 Å². The zero-order valence-corrected chi connectivity index (χ0v) is 13.3. The van der Waals surface area contributed by atoms with Crippen LogP contribution in [-0.2, 0) is 14.3 Å². The molecule has 4 atom stereocenters. The van der Waals surface area contributed by atoms with E-state index in [-0.39, 0.29) is 41.0 Å². The molecule has 0 saturated heterocycles. The second-order valence-corrected chi connectivity index (χ2v) is 6.95. The molecule has 1 amide bonds. The van der Waals surface area contributed by atoms with E-state index < -0.39 is 0 Å². The lowest BCUT2D eigenvalue weighted by Crippen LogP contribution is -2.37. The third-order valence-corrected chi connectivity index (χ3v) is 5.78. The van der Waals surface area contributed by atoms with Crippen molar-refractivity contribution in [2.75, 3.05) is 12.4 Å². The van der Waals surface area contributed by atoms with Crippen molar-refractivity contribution >= 4 is 17.7 Å². The molecular weight excluding hydrogens is 292 g/mol. The molecule has 0 aromatic carbocycles. The smallest absolute Gasteiger partial charge is 0.310 e. The molecule has 1 aromatic heterocycles. The van der Waals surface area contributed by atoms with E-state index in [4.69, 9.17) is 4.74 Å². The fourth-order valence-electron chi connectivity index (χ4n) is 4.56. The standard InChI is InChI=1S/C18H20N2O3/c1-10-3-6-13(19-9-10)20-16(21)14-11-4-5-12(18(11)7-8-18)15(14)17(22)23-2/h3-6,9,11-12,14-15H,7-8H2,1-2H3,(H,19,20,21)/t11-,12+,14?,15+/m0/s1. The number of allylic oxidation sites excluding steroid dienone is 2. The molecule has 1 heterocycles. The van der Waals surface area contributed by atoms with Crippen molar-refractivity contribution in [2.24, 2.45) is 29.1 Å². The first kappa shape index (κ1) is 14.4. The Balaban J connectivity index is 1.61. The number of pyridine rings is 1. The van der Waals surface area contributed by atoms with E-state index in [9.17, 15) is 9.59 Å². The third-order valence-electron chi connectivity index (χ3n) is 5.78. The topological polar surface area (TPSA) is 68.3 Å². The number of hydrogen-bond acceptors (Lipinski definition) is 4. The van der Waals surface area contributed by atoms with Gasteiger partial charge in [0.05, 0.1) is 18.9 Å². The van der Waals surface area contributed by atoms with Gasteiger partial charge >= 0.3 is 5.97 Å². The van der Waals surface area contributed by atoms with Crippen LogP contribution in [0.1, 0.15) is 18.4 Å². The van der Waals surface area contributed by atoms with Gasteiger partial charge in [-0.3, -0.25) is 9.59 Å². The normalized spacial score (nSPS) is 32.1. The van der Waals surface area contributed by atoms with E-state index in [1.807, 2.05) is 13.0 Å². The highest BCUT2D eigenvalue weighted by molar-refractivity contribution is 5.96. The molecule has 0 radical (unpaired) electrons. The summed E-state index contributed by atoms with van der Waals surface area (Å²) in [6.07, 6.45) is 8.15. The van der Waals surface area contributed by atoms with Gasteiger partial charge in [-0.1, -0.05) is 18.2 Å². The number of nitrogens with zero attached hydrogens (tertiary/aromatic N) is 1. The van der Waals surface area contributed by atoms with Crippen molar-refractivity contribution in [3.63, 3.8) is 0 Å². The maximum atomic E-state index is 12.8. The van der Waals surface area contributed by atoms with E-state index in [1.54, 1.807) is 12.3 Å². The number of carbonyl (C=O) groups is 2. The summed E-state index contributed by atoms with van der Waals surface area (Å²) in [6.45, 7) is 1.95. The van der Waals surface area contributed by atoms with Crippen LogP contribution in [0.3, 0.4) is 0 Å². The van der Waals surface area contributed by atoms with Crippen molar-refractivity contribution in [1.29, 1.82) is 0 Å². The maximum absolute atomic E-state index is 12.8. The first-order valence-electron chi connectivity index (χ1n) is 8.06. The molecule has 120 valence electrons. The van der Waals surface area contributed by atoms with Gasteiger partial charge in [0.2, 0.25) is 5.91 Å². The molecule has 5 nitrogen and oxygen atoms in total. The largest absolute Gasteiger partial charge is 0.469 e. The van der Waals surface area contributed by atoms with E-state index in [0.717, 1.165) is 18.4 Å². The number of aromatic nitrogens is 1. The number of aryl methyl sites for hydroxylation is 1. The average Bonchev–Trinajstić information content (AvgIpc) is 3.22. The summed E-state index contributed by atoms with van der Waals surface area (Å²) in [6, 6.07) is 3.69. The molecule has 2 saturated carbocycles. The number of carbonyl (C=O) groups excluding carboxylic acids is 2. The first-order valence-corrected chi connectivity index (χ1v) is 8.06. The van der Waals surface area contributed by atoms with Crippen LogP contribution in [0.15, 0.2) is 30.5 Å². The molecule has 4 rings (SSSR count). The summed E-state index contributed by atoms with van der Waals surface area (Å²) in [5, 5.41) is 2.88. The Morgan fingerprint density at radius 2 is 1.91 bits per heavy atom. The minimum atomic E-state index is -0.372. The van der Waals surface area contributed by atoms with Crippen molar-refractivity contribution in [2.45, 2.75) is 19.8 Å². The number of methoxy groups -OCH3 is 1. The molecule has 1 spiro atoms. The van der Waals surface area contributed by atoms with Gasteiger partial charge in [0.1, 0.15) is 5.82 Å². The molecule has 2 fully saturated rings. The monoisotopic (exact) mass is 312 g/mol. The Labute approximate surface area is 135 Å². The fourth-order valence-corrected chi connectivity index (χ4v) is 4.56. The van der Waals surface area contributed by atoms with E-state index in [2.05, 4.69) is 22.5 Å². The lowest BCUT2D eigenvalue weighted by molar-refractivity contribution is -0.150. The summed E-state index contributed by atoms with van der Waals surface area (Å²) in [7, 11) is 1.40. The number of esters is 1. The average molecular weight is 312 g/mol. The van der Waals surface area contributed by atoms with Gasteiger partial charge < -0.3 is 10.1 Å². The zero-order valence-electron chi connectivity index (χ0n) is 13.3. The number of amides is 1. The molecule has 2 bridgehead atoms. The summed E-state index contributed by atoms with van der Waals surface area (Å²) in [5.41, 5.74) is 1.16. The van der Waals surface area contributed by atoms with Gasteiger partial charge in [0.15, 0.2) is 0 Å². The SMILES string of the molecule is COC(=O)[C@H]1C(C(=O)Nc2ccc(C)cn2)[C@@H]2C=C[C@H]1C21CC1. The van der Waals surface area contributed by atoms with Crippen LogP contribution in [-0.4, -0.2) is 24.0 Å². The summed E-state index contributed by atoms with van der Waals surface area (Å²) in [4.78, 5) is 29.4. The minimum Gasteiger partial charge on any atom is -0.469 e. The highest BCUT2D eigenvalue weighted by Gasteiger charge is 2.70. The first-order chi connectivity index (χ1) is 11.1. The molecule has 1 unspecified atom stereocenters. The predicted octanol–water partition coefficient (Wildman–Crippen LogP) is 2.33. The van der Waals surface area contributed by atoms with Crippen molar-refractivity contribution < 1.29 is 14.3 Å². The summed E-state index contributed by atoms with van der Waals surface area (Å²) in [5.74, 6) is -0.319. The Kier molecular flexibility index (Phi) is 3.08. The second-order valence-electron chi connectivity index (χ2n) is 6.95. The lowest BCUT2D eigenvalue weighted by Gasteiger charge is -2.24. The van der Waals surface area contributed by atoms with Gasteiger partial charge in [-0.25, -0.2) is 4.98 Å². The van der Waals surface area contributed by atoms with E-state index in [1.165, 1.54) is 7.11 Å². The quantitative estimate of drug-likeness (QED) is 0.687. The van der Waals surface area contributed by atoms with Gasteiger partial charge in [0, 0.05) is 6.20 Å². The van der Waals surface area contributed by atoms with Crippen LogP contribution >= 0.6 is 0 Å². The highest BCUT2D eigenvalue weighted by Crippen LogP contribution is 2.72.